The zero-order valence-electron chi connectivity index (χ0n) is 6.26. The van der Waals surface area contributed by atoms with Crippen LogP contribution < -0.4 is 4.74 Å². The van der Waals surface area contributed by atoms with Gasteiger partial charge in [-0.05, 0) is 18.6 Å². The first-order valence-electron chi connectivity index (χ1n) is 3.56. The summed E-state index contributed by atoms with van der Waals surface area (Å²) in [7, 11) is 0. The number of hydrogen-bond acceptors (Lipinski definition) is 2. The number of benzene rings is 1. The van der Waals surface area contributed by atoms with E-state index in [4.69, 9.17) is 4.74 Å². The summed E-state index contributed by atoms with van der Waals surface area (Å²) < 4.78 is 4.95. The minimum Gasteiger partial charge on any atom is -0.426 e. The van der Waals surface area contributed by atoms with Crippen molar-refractivity contribution in [3.63, 3.8) is 0 Å². The molecule has 11 heavy (non-hydrogen) atoms. The summed E-state index contributed by atoms with van der Waals surface area (Å²) in [5.74, 6) is 0.587. The van der Waals surface area contributed by atoms with Gasteiger partial charge in [0.1, 0.15) is 5.75 Å². The minimum absolute atomic E-state index is 0.144. The van der Waals surface area contributed by atoms with E-state index in [1.807, 2.05) is 25.1 Å². The molecular weight excluding hydrogens is 140 g/mol. The van der Waals surface area contributed by atoms with Gasteiger partial charge in [-0.2, -0.15) is 0 Å². The van der Waals surface area contributed by atoms with E-state index in [2.05, 4.69) is 0 Å². The molecule has 1 aromatic carbocycles. The minimum atomic E-state index is -0.144. The lowest BCUT2D eigenvalue weighted by atomic mass is 10.1. The Labute approximate surface area is 64.8 Å². The Morgan fingerprint density at radius 2 is 2.27 bits per heavy atom. The van der Waals surface area contributed by atoms with Crippen molar-refractivity contribution in [2.45, 2.75) is 13.3 Å². The number of rotatable bonds is 0. The molecule has 0 amide bonds. The molecule has 0 spiro atoms. The maximum atomic E-state index is 10.8. The molecule has 0 N–H and O–H groups in total. The van der Waals surface area contributed by atoms with Gasteiger partial charge >= 0.3 is 5.97 Å². The van der Waals surface area contributed by atoms with Crippen LogP contribution in [0.25, 0.3) is 0 Å². The molecule has 0 aromatic heterocycles. The first-order valence-corrected chi connectivity index (χ1v) is 3.56. The third kappa shape index (κ3) is 0.909. The quantitative estimate of drug-likeness (QED) is 0.411. The van der Waals surface area contributed by atoms with Crippen LogP contribution in [0.15, 0.2) is 18.2 Å². The molecule has 0 aliphatic carbocycles. The van der Waals surface area contributed by atoms with Crippen LogP contribution in [0.2, 0.25) is 0 Å². The van der Waals surface area contributed by atoms with Crippen LogP contribution in [0.4, 0.5) is 0 Å². The van der Waals surface area contributed by atoms with E-state index in [1.165, 1.54) is 0 Å². The van der Waals surface area contributed by atoms with Gasteiger partial charge in [0.05, 0.1) is 6.42 Å². The van der Waals surface area contributed by atoms with Crippen LogP contribution in [0, 0.1) is 6.92 Å². The lowest BCUT2D eigenvalue weighted by molar-refractivity contribution is -0.131. The molecule has 0 saturated carbocycles. The first kappa shape index (κ1) is 6.40. The van der Waals surface area contributed by atoms with Gasteiger partial charge in [0.2, 0.25) is 0 Å². The van der Waals surface area contributed by atoms with Gasteiger partial charge in [-0.15, -0.1) is 0 Å². The lowest BCUT2D eigenvalue weighted by Crippen LogP contribution is -2.00. The highest BCUT2D eigenvalue weighted by atomic mass is 16.5. The van der Waals surface area contributed by atoms with Crippen molar-refractivity contribution >= 4 is 5.97 Å². The Hall–Kier alpha value is -1.31. The van der Waals surface area contributed by atoms with Crippen LogP contribution in [0.1, 0.15) is 11.1 Å². The molecule has 1 aliphatic heterocycles. The second-order valence-electron chi connectivity index (χ2n) is 2.70. The van der Waals surface area contributed by atoms with E-state index in [1.54, 1.807) is 0 Å². The fourth-order valence-electron chi connectivity index (χ4n) is 1.30. The smallest absolute Gasteiger partial charge is 0.315 e. The molecule has 1 aliphatic rings. The average Bonchev–Trinajstić information content (AvgIpc) is 2.31. The second kappa shape index (κ2) is 2.09. The van der Waals surface area contributed by atoms with Gasteiger partial charge in [0.25, 0.3) is 0 Å². The van der Waals surface area contributed by atoms with Crippen LogP contribution in [-0.2, 0) is 11.2 Å². The molecule has 0 fully saturated rings. The molecule has 1 aromatic rings. The molecule has 56 valence electrons. The fraction of sp³-hybridized carbons (Fsp3) is 0.222. The SMILES string of the molecule is Cc1cccc2c1CC(=O)O2. The van der Waals surface area contributed by atoms with E-state index in [-0.39, 0.29) is 5.97 Å². The Bertz CT molecular complexity index is 315. The predicted octanol–water partition coefficient (Wildman–Crippen LogP) is 1.46. The summed E-state index contributed by atoms with van der Waals surface area (Å²) in [6, 6.07) is 5.71. The second-order valence-corrected chi connectivity index (χ2v) is 2.70. The molecule has 2 heteroatoms. The molecule has 0 radical (unpaired) electrons. The molecule has 1 heterocycles. The summed E-state index contributed by atoms with van der Waals surface area (Å²) in [5.41, 5.74) is 2.17. The Morgan fingerprint density at radius 1 is 1.45 bits per heavy atom. The number of esters is 1. The van der Waals surface area contributed by atoms with E-state index < -0.39 is 0 Å². The van der Waals surface area contributed by atoms with E-state index in [0.717, 1.165) is 16.9 Å². The number of carbonyl (C=O) groups is 1. The summed E-state index contributed by atoms with van der Waals surface area (Å²) >= 11 is 0. The van der Waals surface area contributed by atoms with Gasteiger partial charge in [-0.3, -0.25) is 4.79 Å². The number of aryl methyl sites for hydroxylation is 1. The van der Waals surface area contributed by atoms with E-state index in [9.17, 15) is 4.79 Å². The van der Waals surface area contributed by atoms with Crippen LogP contribution >= 0.6 is 0 Å². The number of fused-ring (bicyclic) bond motifs is 1. The summed E-state index contributed by atoms with van der Waals surface area (Å²) in [5, 5.41) is 0. The van der Waals surface area contributed by atoms with Crippen molar-refractivity contribution in [2.75, 3.05) is 0 Å². The summed E-state index contributed by atoms with van der Waals surface area (Å²) in [6.45, 7) is 1.99. The van der Waals surface area contributed by atoms with Gasteiger partial charge in [0.15, 0.2) is 0 Å². The van der Waals surface area contributed by atoms with Crippen molar-refractivity contribution < 1.29 is 9.53 Å². The average molecular weight is 148 g/mol. The van der Waals surface area contributed by atoms with Crippen molar-refractivity contribution in [3.05, 3.63) is 29.3 Å². The molecular formula is C9H8O2. The van der Waals surface area contributed by atoms with Crippen LogP contribution in [-0.4, -0.2) is 5.97 Å². The third-order valence-electron chi connectivity index (χ3n) is 1.91. The van der Waals surface area contributed by atoms with E-state index >= 15 is 0 Å². The predicted molar refractivity (Wildman–Crippen MR) is 40.5 cm³/mol. The molecule has 0 unspecified atom stereocenters. The zero-order chi connectivity index (χ0) is 7.84. The molecule has 0 saturated heterocycles. The molecule has 2 nitrogen and oxygen atoms in total. The monoisotopic (exact) mass is 148 g/mol. The normalized spacial score (nSPS) is 14.5. The molecule has 2 rings (SSSR count). The Morgan fingerprint density at radius 3 is 3.00 bits per heavy atom. The van der Waals surface area contributed by atoms with Crippen LogP contribution in [0.3, 0.4) is 0 Å². The van der Waals surface area contributed by atoms with Gasteiger partial charge in [-0.25, -0.2) is 0 Å². The maximum Gasteiger partial charge on any atom is 0.315 e. The lowest BCUT2D eigenvalue weighted by Gasteiger charge is -1.97. The summed E-state index contributed by atoms with van der Waals surface area (Å²) in [6.07, 6.45) is 0.433. The third-order valence-corrected chi connectivity index (χ3v) is 1.91. The maximum absolute atomic E-state index is 10.8. The van der Waals surface area contributed by atoms with Gasteiger partial charge in [-0.1, -0.05) is 12.1 Å². The standard InChI is InChI=1S/C9H8O2/c1-6-3-2-4-8-7(6)5-9(10)11-8/h2-4H,5H2,1H3. The van der Waals surface area contributed by atoms with E-state index in [0.29, 0.717) is 6.42 Å². The number of carbonyl (C=O) groups excluding carboxylic acids is 1. The van der Waals surface area contributed by atoms with Crippen molar-refractivity contribution in [1.82, 2.24) is 0 Å². The number of hydrogen-bond donors (Lipinski definition) is 0. The highest BCUT2D eigenvalue weighted by molar-refractivity contribution is 5.81. The van der Waals surface area contributed by atoms with Gasteiger partial charge < -0.3 is 4.74 Å². The zero-order valence-corrected chi connectivity index (χ0v) is 6.26. The largest absolute Gasteiger partial charge is 0.426 e. The van der Waals surface area contributed by atoms with Crippen molar-refractivity contribution in [3.8, 4) is 5.75 Å². The fourth-order valence-corrected chi connectivity index (χ4v) is 1.30. The van der Waals surface area contributed by atoms with Gasteiger partial charge in [0, 0.05) is 5.56 Å². The summed E-state index contributed by atoms with van der Waals surface area (Å²) in [4.78, 5) is 10.8. The van der Waals surface area contributed by atoms with Crippen molar-refractivity contribution in [1.29, 1.82) is 0 Å². The molecule has 0 bridgehead atoms. The van der Waals surface area contributed by atoms with Crippen LogP contribution in [0.5, 0.6) is 5.75 Å². The Kier molecular flexibility index (Phi) is 1.22. The molecule has 0 atom stereocenters. The first-order chi connectivity index (χ1) is 5.27. The highest BCUT2D eigenvalue weighted by Crippen LogP contribution is 2.27. The Balaban J connectivity index is 2.57. The highest BCUT2D eigenvalue weighted by Gasteiger charge is 2.20. The number of ether oxygens (including phenoxy) is 1. The topological polar surface area (TPSA) is 26.3 Å². The van der Waals surface area contributed by atoms with Crippen molar-refractivity contribution in [2.24, 2.45) is 0 Å².